The Kier molecular flexibility index (Phi) is 1.90. The van der Waals surface area contributed by atoms with Crippen molar-refractivity contribution < 1.29 is 4.79 Å². The molecule has 3 nitrogen and oxygen atoms in total. The van der Waals surface area contributed by atoms with Crippen molar-refractivity contribution in [1.82, 2.24) is 4.90 Å². The van der Waals surface area contributed by atoms with E-state index < -0.39 is 0 Å². The molecule has 0 aromatic carbocycles. The van der Waals surface area contributed by atoms with Gasteiger partial charge in [-0.1, -0.05) is 6.92 Å². The van der Waals surface area contributed by atoms with Gasteiger partial charge >= 0.3 is 0 Å². The summed E-state index contributed by atoms with van der Waals surface area (Å²) in [4.78, 5) is 17.9. The molecule has 72 valence electrons. The second kappa shape index (κ2) is 2.82. The largest absolute Gasteiger partial charge is 0.342 e. The third-order valence-electron chi connectivity index (χ3n) is 3.47. The van der Waals surface area contributed by atoms with Crippen LogP contribution in [-0.2, 0) is 4.79 Å². The van der Waals surface area contributed by atoms with Crippen LogP contribution in [0.2, 0.25) is 0 Å². The van der Waals surface area contributed by atoms with E-state index in [-0.39, 0.29) is 11.8 Å². The van der Waals surface area contributed by atoms with Gasteiger partial charge in [-0.25, -0.2) is 0 Å². The van der Waals surface area contributed by atoms with Crippen LogP contribution in [0.4, 0.5) is 0 Å². The monoisotopic (exact) mass is 180 g/mol. The maximum Gasteiger partial charge on any atom is 0.231 e. The summed E-state index contributed by atoms with van der Waals surface area (Å²) in [6.07, 6.45) is 2.14. The third kappa shape index (κ3) is 1.10. The summed E-state index contributed by atoms with van der Waals surface area (Å²) in [5.41, 5.74) is 1.12. The number of rotatable bonds is 0. The highest BCUT2D eigenvalue weighted by atomic mass is 16.2. The summed E-state index contributed by atoms with van der Waals surface area (Å²) >= 11 is 0. The number of amides is 1. The van der Waals surface area contributed by atoms with E-state index in [0.717, 1.165) is 18.6 Å². The lowest BCUT2D eigenvalue weighted by Gasteiger charge is -2.46. The highest BCUT2D eigenvalue weighted by Gasteiger charge is 2.46. The Bertz CT molecular complexity index is 272. The van der Waals surface area contributed by atoms with Crippen LogP contribution in [-0.4, -0.2) is 36.7 Å². The number of fused-ring (bicyclic) bond motifs is 3. The molecule has 1 aliphatic carbocycles. The first-order valence-electron chi connectivity index (χ1n) is 4.87. The summed E-state index contributed by atoms with van der Waals surface area (Å²) < 4.78 is 0. The second-order valence-electron chi connectivity index (χ2n) is 4.21. The van der Waals surface area contributed by atoms with E-state index in [2.05, 4.69) is 11.9 Å². The molecule has 0 aromatic rings. The molecule has 3 fully saturated rings. The zero-order chi connectivity index (χ0) is 9.59. The van der Waals surface area contributed by atoms with Gasteiger partial charge in [0.1, 0.15) is 0 Å². The van der Waals surface area contributed by atoms with Gasteiger partial charge < -0.3 is 4.90 Å². The van der Waals surface area contributed by atoms with E-state index in [1.807, 2.05) is 11.9 Å². The fourth-order valence-corrected chi connectivity index (χ4v) is 2.66. The number of carbonyl (C=O) groups excluding carboxylic acids is 1. The Morgan fingerprint density at radius 3 is 2.77 bits per heavy atom. The molecule has 3 atom stereocenters. The molecule has 3 heteroatoms. The van der Waals surface area contributed by atoms with Gasteiger partial charge in [-0.15, -0.1) is 0 Å². The molecule has 3 unspecified atom stereocenters. The highest BCUT2D eigenvalue weighted by molar-refractivity contribution is 6.07. The van der Waals surface area contributed by atoms with Crippen molar-refractivity contribution >= 4 is 11.6 Å². The van der Waals surface area contributed by atoms with Crippen LogP contribution in [0.1, 0.15) is 19.8 Å². The number of carbonyl (C=O) groups is 1. The van der Waals surface area contributed by atoms with Gasteiger partial charge in [-0.2, -0.15) is 0 Å². The SMILES string of the molecule is CN=C1CC2CC(C)C1C(=O)N2C. The number of nitrogens with zero attached hydrogens (tertiary/aromatic N) is 2. The Hall–Kier alpha value is -0.860. The summed E-state index contributed by atoms with van der Waals surface area (Å²) in [7, 11) is 3.72. The summed E-state index contributed by atoms with van der Waals surface area (Å²) in [6.45, 7) is 2.16. The summed E-state index contributed by atoms with van der Waals surface area (Å²) in [5.74, 6) is 0.844. The topological polar surface area (TPSA) is 32.7 Å². The third-order valence-corrected chi connectivity index (χ3v) is 3.47. The minimum Gasteiger partial charge on any atom is -0.342 e. The van der Waals surface area contributed by atoms with Crippen LogP contribution < -0.4 is 0 Å². The minimum atomic E-state index is 0.0833. The fraction of sp³-hybridized carbons (Fsp3) is 0.800. The van der Waals surface area contributed by atoms with E-state index in [1.165, 1.54) is 0 Å². The predicted octanol–water partition coefficient (Wildman–Crippen LogP) is 0.944. The lowest BCUT2D eigenvalue weighted by molar-refractivity contribution is -0.141. The minimum absolute atomic E-state index is 0.0833. The van der Waals surface area contributed by atoms with Gasteiger partial charge in [0, 0.05) is 32.3 Å². The van der Waals surface area contributed by atoms with Gasteiger partial charge in [-0.05, 0) is 12.3 Å². The maximum absolute atomic E-state index is 11.8. The highest BCUT2D eigenvalue weighted by Crippen LogP contribution is 2.37. The van der Waals surface area contributed by atoms with Crippen molar-refractivity contribution in [3.8, 4) is 0 Å². The molecule has 0 N–H and O–H groups in total. The lowest BCUT2D eigenvalue weighted by atomic mass is 9.71. The van der Waals surface area contributed by atoms with E-state index in [0.29, 0.717) is 12.0 Å². The van der Waals surface area contributed by atoms with Crippen molar-refractivity contribution in [3.05, 3.63) is 0 Å². The number of hydrogen-bond donors (Lipinski definition) is 0. The molecule has 13 heavy (non-hydrogen) atoms. The Balaban J connectivity index is 2.35. The number of hydrogen-bond acceptors (Lipinski definition) is 2. The fourth-order valence-electron chi connectivity index (χ4n) is 2.66. The van der Waals surface area contributed by atoms with Gasteiger partial charge in [0.2, 0.25) is 5.91 Å². The molecule has 3 rings (SSSR count). The molecule has 0 aromatic heterocycles. The van der Waals surface area contributed by atoms with E-state index in [4.69, 9.17) is 0 Å². The molecule has 2 bridgehead atoms. The lowest BCUT2D eigenvalue weighted by Crippen LogP contribution is -2.57. The van der Waals surface area contributed by atoms with Crippen LogP contribution in [0.15, 0.2) is 4.99 Å². The molecule has 2 saturated heterocycles. The average Bonchev–Trinajstić information content (AvgIpc) is 2.12. The maximum atomic E-state index is 11.8. The predicted molar refractivity (Wildman–Crippen MR) is 51.8 cm³/mol. The summed E-state index contributed by atoms with van der Waals surface area (Å²) in [5, 5.41) is 0. The molecule has 0 radical (unpaired) electrons. The Labute approximate surface area is 78.8 Å². The van der Waals surface area contributed by atoms with Crippen LogP contribution in [0.25, 0.3) is 0 Å². The van der Waals surface area contributed by atoms with E-state index in [1.54, 1.807) is 7.05 Å². The van der Waals surface area contributed by atoms with Crippen molar-refractivity contribution in [1.29, 1.82) is 0 Å². The zero-order valence-electron chi connectivity index (χ0n) is 8.45. The first-order valence-corrected chi connectivity index (χ1v) is 4.87. The smallest absolute Gasteiger partial charge is 0.231 e. The van der Waals surface area contributed by atoms with Crippen LogP contribution in [0.5, 0.6) is 0 Å². The molecule has 3 aliphatic rings. The van der Waals surface area contributed by atoms with Crippen molar-refractivity contribution in [2.24, 2.45) is 16.8 Å². The number of aliphatic imine (C=N–C) groups is 1. The molecule has 1 amide bonds. The van der Waals surface area contributed by atoms with Gasteiger partial charge in [0.25, 0.3) is 0 Å². The molecule has 1 saturated carbocycles. The van der Waals surface area contributed by atoms with Gasteiger partial charge in [0.05, 0.1) is 5.92 Å². The summed E-state index contributed by atoms with van der Waals surface area (Å²) in [6, 6.07) is 0.409. The second-order valence-corrected chi connectivity index (χ2v) is 4.21. The first kappa shape index (κ1) is 8.73. The van der Waals surface area contributed by atoms with Crippen LogP contribution in [0, 0.1) is 11.8 Å². The molecular formula is C10H16N2O. The van der Waals surface area contributed by atoms with Crippen LogP contribution in [0.3, 0.4) is 0 Å². The molecule has 2 aliphatic heterocycles. The van der Waals surface area contributed by atoms with E-state index in [9.17, 15) is 4.79 Å². The van der Waals surface area contributed by atoms with Crippen molar-refractivity contribution in [2.45, 2.75) is 25.8 Å². The Morgan fingerprint density at radius 2 is 2.23 bits per heavy atom. The van der Waals surface area contributed by atoms with Crippen molar-refractivity contribution in [2.75, 3.05) is 14.1 Å². The van der Waals surface area contributed by atoms with Crippen molar-refractivity contribution in [3.63, 3.8) is 0 Å². The average molecular weight is 180 g/mol. The van der Waals surface area contributed by atoms with Gasteiger partial charge in [0.15, 0.2) is 0 Å². The van der Waals surface area contributed by atoms with E-state index >= 15 is 0 Å². The quantitative estimate of drug-likeness (QED) is 0.546. The standard InChI is InChI=1S/C10H16N2O/c1-6-4-7-5-8(11-2)9(6)10(13)12(7)3/h6-7,9H,4-5H2,1-3H3. The zero-order valence-corrected chi connectivity index (χ0v) is 8.45. The normalized spacial score (nSPS) is 41.8. The number of piperidine rings is 2. The first-order chi connectivity index (χ1) is 6.15. The molecular weight excluding hydrogens is 164 g/mol. The molecule has 2 heterocycles. The van der Waals surface area contributed by atoms with Gasteiger partial charge in [-0.3, -0.25) is 9.79 Å². The Morgan fingerprint density at radius 1 is 1.54 bits per heavy atom. The van der Waals surface area contributed by atoms with Crippen LogP contribution >= 0.6 is 0 Å². The molecule has 0 spiro atoms.